The molecule has 0 fully saturated rings. The van der Waals surface area contributed by atoms with E-state index in [0.29, 0.717) is 0 Å². The van der Waals surface area contributed by atoms with Crippen LogP contribution in [-0.4, -0.2) is 12.7 Å². The SMILES string of the molecule is Clc1cccc(SCc2ccccc2)c1.FC(F)(F)OC(F)(F)F. The zero-order valence-corrected chi connectivity index (χ0v) is 13.4. The normalized spacial score (nSPS) is 11.6. The van der Waals surface area contributed by atoms with Crippen LogP contribution in [-0.2, 0) is 10.5 Å². The summed E-state index contributed by atoms with van der Waals surface area (Å²) in [5, 5.41) is 0.799. The molecule has 24 heavy (non-hydrogen) atoms. The van der Waals surface area contributed by atoms with Crippen molar-refractivity contribution < 1.29 is 31.1 Å². The lowest BCUT2D eigenvalue weighted by Gasteiger charge is -2.08. The summed E-state index contributed by atoms with van der Waals surface area (Å²) in [4.78, 5) is 1.21. The molecule has 132 valence electrons. The Morgan fingerprint density at radius 3 is 1.88 bits per heavy atom. The Hall–Kier alpha value is -1.38. The second kappa shape index (κ2) is 9.19. The van der Waals surface area contributed by atoms with E-state index in [1.807, 2.05) is 24.3 Å². The first-order valence-corrected chi connectivity index (χ1v) is 7.67. The summed E-state index contributed by atoms with van der Waals surface area (Å²) in [5.41, 5.74) is 1.34. The molecule has 0 atom stereocenters. The van der Waals surface area contributed by atoms with Crippen molar-refractivity contribution in [3.8, 4) is 0 Å². The van der Waals surface area contributed by atoms with Crippen LogP contribution in [0.15, 0.2) is 59.5 Å². The molecule has 0 bridgehead atoms. The van der Waals surface area contributed by atoms with Crippen molar-refractivity contribution in [2.24, 2.45) is 0 Å². The van der Waals surface area contributed by atoms with Crippen LogP contribution in [0.1, 0.15) is 5.56 Å². The van der Waals surface area contributed by atoms with E-state index in [4.69, 9.17) is 11.6 Å². The van der Waals surface area contributed by atoms with Crippen LogP contribution in [0.2, 0.25) is 5.02 Å². The number of ether oxygens (including phenoxy) is 1. The highest BCUT2D eigenvalue weighted by atomic mass is 35.5. The van der Waals surface area contributed by atoms with Gasteiger partial charge in [-0.2, -0.15) is 4.74 Å². The van der Waals surface area contributed by atoms with Gasteiger partial charge in [0.05, 0.1) is 0 Å². The van der Waals surface area contributed by atoms with E-state index in [9.17, 15) is 26.3 Å². The molecule has 0 saturated carbocycles. The minimum absolute atomic E-state index is 0.799. The van der Waals surface area contributed by atoms with Crippen molar-refractivity contribution in [2.75, 3.05) is 0 Å². The van der Waals surface area contributed by atoms with Gasteiger partial charge in [-0.25, -0.2) is 0 Å². The van der Waals surface area contributed by atoms with E-state index in [-0.39, 0.29) is 0 Å². The predicted molar refractivity (Wildman–Crippen MR) is 80.7 cm³/mol. The molecule has 2 aromatic carbocycles. The number of alkyl halides is 6. The minimum atomic E-state index is -5.64. The number of rotatable bonds is 3. The van der Waals surface area contributed by atoms with E-state index in [1.54, 1.807) is 16.5 Å². The maximum Gasteiger partial charge on any atom is 0.529 e. The van der Waals surface area contributed by atoms with Crippen LogP contribution >= 0.6 is 23.4 Å². The molecule has 0 aliphatic carbocycles. The summed E-state index contributed by atoms with van der Waals surface area (Å²) in [5.74, 6) is 0.987. The molecule has 9 heteroatoms. The molecular formula is C15H11ClF6OS. The molecule has 0 unspecified atom stereocenters. The zero-order chi connectivity index (χ0) is 18.2. The van der Waals surface area contributed by atoms with Gasteiger partial charge in [-0.15, -0.1) is 38.1 Å². The Labute approximate surface area is 143 Å². The number of halogens is 7. The van der Waals surface area contributed by atoms with Crippen LogP contribution in [0.4, 0.5) is 26.3 Å². The van der Waals surface area contributed by atoms with Crippen LogP contribution in [0, 0.1) is 0 Å². The molecule has 0 heterocycles. The predicted octanol–water partition coefficient (Wildman–Crippen LogP) is 6.67. The molecule has 0 saturated heterocycles. The molecule has 1 nitrogen and oxygen atoms in total. The second-order valence-corrected chi connectivity index (χ2v) is 5.71. The quantitative estimate of drug-likeness (QED) is 0.428. The Morgan fingerprint density at radius 2 is 1.42 bits per heavy atom. The van der Waals surface area contributed by atoms with E-state index < -0.39 is 12.7 Å². The number of hydrogen-bond acceptors (Lipinski definition) is 2. The molecule has 0 aliphatic rings. The monoisotopic (exact) mass is 388 g/mol. The van der Waals surface area contributed by atoms with Crippen molar-refractivity contribution in [1.29, 1.82) is 0 Å². The lowest BCUT2D eigenvalue weighted by atomic mass is 10.2. The van der Waals surface area contributed by atoms with Gasteiger partial charge in [-0.05, 0) is 23.8 Å². The van der Waals surface area contributed by atoms with Crippen molar-refractivity contribution >= 4 is 23.4 Å². The van der Waals surface area contributed by atoms with Gasteiger partial charge in [0.15, 0.2) is 0 Å². The minimum Gasteiger partial charge on any atom is -0.196 e. The summed E-state index contributed by atoms with van der Waals surface area (Å²) in [6.45, 7) is 0. The first-order valence-electron chi connectivity index (χ1n) is 6.31. The number of benzene rings is 2. The van der Waals surface area contributed by atoms with Gasteiger partial charge in [0.25, 0.3) is 0 Å². The third-order valence-electron chi connectivity index (χ3n) is 2.28. The molecule has 0 radical (unpaired) electrons. The first kappa shape index (κ1) is 20.7. The maximum absolute atomic E-state index is 10.6. The first-order chi connectivity index (χ1) is 11.1. The lowest BCUT2D eigenvalue weighted by Crippen LogP contribution is -2.25. The van der Waals surface area contributed by atoms with Gasteiger partial charge in [0, 0.05) is 15.7 Å². The third kappa shape index (κ3) is 10.4. The van der Waals surface area contributed by atoms with E-state index in [2.05, 4.69) is 30.3 Å². The highest BCUT2D eigenvalue weighted by molar-refractivity contribution is 7.98. The standard InChI is InChI=1S/C13H11ClS.C2F6O/c14-12-7-4-8-13(9-12)15-10-11-5-2-1-3-6-11;3-1(4,5)9-2(6,7)8/h1-9H,10H2;. The van der Waals surface area contributed by atoms with Gasteiger partial charge >= 0.3 is 12.7 Å². The topological polar surface area (TPSA) is 9.23 Å². The van der Waals surface area contributed by atoms with Crippen molar-refractivity contribution in [3.63, 3.8) is 0 Å². The molecular weight excluding hydrogens is 378 g/mol. The van der Waals surface area contributed by atoms with E-state index >= 15 is 0 Å². The highest BCUT2D eigenvalue weighted by Crippen LogP contribution is 2.28. The summed E-state index contributed by atoms with van der Waals surface area (Å²) in [7, 11) is 0. The fourth-order valence-electron chi connectivity index (χ4n) is 1.43. The third-order valence-corrected chi connectivity index (χ3v) is 3.58. The van der Waals surface area contributed by atoms with Gasteiger partial charge in [-0.1, -0.05) is 48.0 Å². The van der Waals surface area contributed by atoms with Crippen molar-refractivity contribution in [2.45, 2.75) is 23.4 Å². The second-order valence-electron chi connectivity index (χ2n) is 4.23. The molecule has 2 rings (SSSR count). The van der Waals surface area contributed by atoms with Crippen LogP contribution in [0.25, 0.3) is 0 Å². The Bertz CT molecular complexity index is 603. The lowest BCUT2D eigenvalue weighted by molar-refractivity contribution is -0.463. The Morgan fingerprint density at radius 1 is 0.833 bits per heavy atom. The number of thioether (sulfide) groups is 1. The maximum atomic E-state index is 10.6. The van der Waals surface area contributed by atoms with E-state index in [1.165, 1.54) is 10.5 Å². The average Bonchev–Trinajstić information content (AvgIpc) is 2.43. The average molecular weight is 389 g/mol. The number of hydrogen-bond donors (Lipinski definition) is 0. The fraction of sp³-hybridized carbons (Fsp3) is 0.200. The van der Waals surface area contributed by atoms with Crippen molar-refractivity contribution in [1.82, 2.24) is 0 Å². The van der Waals surface area contributed by atoms with Gasteiger partial charge in [0.2, 0.25) is 0 Å². The smallest absolute Gasteiger partial charge is 0.196 e. The summed E-state index contributed by atoms with van der Waals surface area (Å²) in [6.07, 6.45) is -11.3. The molecule has 0 aromatic heterocycles. The van der Waals surface area contributed by atoms with Gasteiger partial charge in [0.1, 0.15) is 0 Å². The van der Waals surface area contributed by atoms with Crippen LogP contribution in [0.3, 0.4) is 0 Å². The summed E-state index contributed by atoms with van der Waals surface area (Å²) in [6, 6.07) is 18.4. The van der Waals surface area contributed by atoms with E-state index in [0.717, 1.165) is 10.8 Å². The van der Waals surface area contributed by atoms with Crippen LogP contribution in [0.5, 0.6) is 0 Å². The Kier molecular flexibility index (Phi) is 7.92. The Balaban J connectivity index is 0.000000277. The highest BCUT2D eigenvalue weighted by Gasteiger charge is 2.45. The largest absolute Gasteiger partial charge is 0.529 e. The molecule has 0 spiro atoms. The zero-order valence-electron chi connectivity index (χ0n) is 11.9. The van der Waals surface area contributed by atoms with Gasteiger partial charge < -0.3 is 0 Å². The molecule has 0 amide bonds. The van der Waals surface area contributed by atoms with Crippen LogP contribution < -0.4 is 0 Å². The molecule has 0 aliphatic heterocycles. The molecule has 0 N–H and O–H groups in total. The van der Waals surface area contributed by atoms with Crippen molar-refractivity contribution in [3.05, 3.63) is 65.2 Å². The fourth-order valence-corrected chi connectivity index (χ4v) is 2.59. The summed E-state index contributed by atoms with van der Waals surface area (Å²) < 4.78 is 65.3. The summed E-state index contributed by atoms with van der Waals surface area (Å²) >= 11 is 7.72. The van der Waals surface area contributed by atoms with Gasteiger partial charge in [-0.3, -0.25) is 0 Å². The molecule has 2 aromatic rings.